The van der Waals surface area contributed by atoms with Crippen LogP contribution in [0.2, 0.25) is 5.02 Å². The summed E-state index contributed by atoms with van der Waals surface area (Å²) >= 11 is 6.11. The second-order valence-corrected chi connectivity index (χ2v) is 7.37. The SMILES string of the molecule is Cc1cc2n(n1)CC[C@H](NC(=O)c1ncn(Cc3ncccc3Cl)n1)C(O)N2C. The highest BCUT2D eigenvalue weighted by Crippen LogP contribution is 2.23. The molecular formula is C18H21ClN8O2. The third kappa shape index (κ3) is 3.94. The zero-order valence-corrected chi connectivity index (χ0v) is 16.8. The molecule has 1 amide bonds. The lowest BCUT2D eigenvalue weighted by atomic mass is 10.1. The standard InChI is InChI=1S/C18H21ClN8O2/c1-11-8-15-25(2)18(29)13(5-7-27(15)23-11)22-17(28)16-21-10-26(24-16)9-14-12(19)4-3-6-20-14/h3-4,6,8,10,13,18,29H,5,7,9H2,1-2H3,(H,22,28)/t13-,18?/m0/s1. The van der Waals surface area contributed by atoms with Crippen molar-refractivity contribution in [3.8, 4) is 0 Å². The number of hydrogen-bond acceptors (Lipinski definition) is 7. The van der Waals surface area contributed by atoms with Gasteiger partial charge < -0.3 is 15.3 Å². The van der Waals surface area contributed by atoms with E-state index >= 15 is 0 Å². The average Bonchev–Trinajstić information content (AvgIpc) is 3.30. The first-order valence-electron chi connectivity index (χ1n) is 9.17. The molecule has 11 heteroatoms. The Morgan fingerprint density at radius 1 is 1.38 bits per heavy atom. The number of carbonyl (C=O) groups is 1. The molecule has 0 aliphatic carbocycles. The Balaban J connectivity index is 1.44. The Morgan fingerprint density at radius 2 is 2.21 bits per heavy atom. The molecule has 2 N–H and O–H groups in total. The first kappa shape index (κ1) is 19.3. The predicted octanol–water partition coefficient (Wildman–Crippen LogP) is 0.837. The van der Waals surface area contributed by atoms with Gasteiger partial charge in [0, 0.05) is 25.9 Å². The van der Waals surface area contributed by atoms with Gasteiger partial charge in [-0.1, -0.05) is 11.6 Å². The number of pyridine rings is 1. The van der Waals surface area contributed by atoms with E-state index in [1.54, 1.807) is 30.3 Å². The largest absolute Gasteiger partial charge is 0.371 e. The van der Waals surface area contributed by atoms with Gasteiger partial charge in [0.05, 0.1) is 29.0 Å². The van der Waals surface area contributed by atoms with Crippen molar-refractivity contribution in [2.45, 2.75) is 38.7 Å². The minimum absolute atomic E-state index is 0.0183. The van der Waals surface area contributed by atoms with Crippen molar-refractivity contribution in [3.05, 3.63) is 53.0 Å². The molecule has 3 aromatic rings. The zero-order chi connectivity index (χ0) is 20.5. The number of fused-ring (bicyclic) bond motifs is 1. The number of hydrogen-bond donors (Lipinski definition) is 2. The fourth-order valence-electron chi connectivity index (χ4n) is 3.34. The van der Waals surface area contributed by atoms with Crippen molar-refractivity contribution >= 4 is 23.3 Å². The number of halogens is 1. The maximum absolute atomic E-state index is 12.6. The van der Waals surface area contributed by atoms with Crippen LogP contribution in [0.3, 0.4) is 0 Å². The predicted molar refractivity (Wildman–Crippen MR) is 106 cm³/mol. The summed E-state index contributed by atoms with van der Waals surface area (Å²) in [4.78, 5) is 22.6. The maximum atomic E-state index is 12.6. The van der Waals surface area contributed by atoms with Gasteiger partial charge in [-0.25, -0.2) is 14.3 Å². The van der Waals surface area contributed by atoms with Crippen LogP contribution in [0.1, 0.15) is 28.4 Å². The van der Waals surface area contributed by atoms with E-state index in [0.29, 0.717) is 30.2 Å². The van der Waals surface area contributed by atoms with Gasteiger partial charge in [-0.2, -0.15) is 5.10 Å². The van der Waals surface area contributed by atoms with Crippen LogP contribution >= 0.6 is 11.6 Å². The van der Waals surface area contributed by atoms with E-state index in [-0.39, 0.29) is 5.82 Å². The first-order chi connectivity index (χ1) is 13.9. The summed E-state index contributed by atoms with van der Waals surface area (Å²) in [6.07, 6.45) is 2.72. The van der Waals surface area contributed by atoms with E-state index in [2.05, 4.69) is 25.5 Å². The fraction of sp³-hybridized carbons (Fsp3) is 0.389. The quantitative estimate of drug-likeness (QED) is 0.647. The summed E-state index contributed by atoms with van der Waals surface area (Å²) in [5, 5.41) is 22.7. The van der Waals surface area contributed by atoms with E-state index in [9.17, 15) is 9.90 Å². The van der Waals surface area contributed by atoms with Gasteiger partial charge in [0.2, 0.25) is 5.82 Å². The normalized spacial score (nSPS) is 19.0. The van der Waals surface area contributed by atoms with Gasteiger partial charge in [0.1, 0.15) is 18.4 Å². The van der Waals surface area contributed by atoms with Crippen molar-refractivity contribution < 1.29 is 9.90 Å². The first-order valence-corrected chi connectivity index (χ1v) is 9.55. The number of aromatic nitrogens is 6. The Hall–Kier alpha value is -2.98. The van der Waals surface area contributed by atoms with Gasteiger partial charge in [-0.3, -0.25) is 9.78 Å². The average molecular weight is 417 g/mol. The lowest BCUT2D eigenvalue weighted by Crippen LogP contribution is -2.50. The summed E-state index contributed by atoms with van der Waals surface area (Å²) in [6, 6.07) is 4.89. The number of carbonyl (C=O) groups excluding carboxylic acids is 1. The summed E-state index contributed by atoms with van der Waals surface area (Å²) in [5.74, 6) is 0.371. The molecule has 0 saturated heterocycles. The van der Waals surface area contributed by atoms with Gasteiger partial charge in [-0.05, 0) is 25.5 Å². The van der Waals surface area contributed by atoms with Crippen molar-refractivity contribution in [2.24, 2.45) is 0 Å². The Kier molecular flexibility index (Phi) is 5.20. The molecule has 0 radical (unpaired) electrons. The van der Waals surface area contributed by atoms with Gasteiger partial charge >= 0.3 is 0 Å². The third-order valence-corrected chi connectivity index (χ3v) is 5.20. The molecule has 0 bridgehead atoms. The molecule has 10 nitrogen and oxygen atoms in total. The maximum Gasteiger partial charge on any atom is 0.291 e. The molecule has 1 aliphatic heterocycles. The minimum atomic E-state index is -0.897. The van der Waals surface area contributed by atoms with Crippen LogP contribution in [0, 0.1) is 6.92 Å². The number of aliphatic hydroxyl groups is 1. The van der Waals surface area contributed by atoms with Gasteiger partial charge in [-0.15, -0.1) is 5.10 Å². The van der Waals surface area contributed by atoms with Crippen LogP contribution in [0.25, 0.3) is 0 Å². The number of nitrogens with one attached hydrogen (secondary N) is 1. The molecule has 4 heterocycles. The molecule has 1 unspecified atom stereocenters. The third-order valence-electron chi connectivity index (χ3n) is 4.85. The summed E-state index contributed by atoms with van der Waals surface area (Å²) < 4.78 is 3.32. The molecule has 152 valence electrons. The van der Waals surface area contributed by atoms with Crippen molar-refractivity contribution in [2.75, 3.05) is 11.9 Å². The van der Waals surface area contributed by atoms with E-state index < -0.39 is 18.2 Å². The molecule has 1 aliphatic rings. The number of likely N-dealkylation sites (N-methyl/N-ethyl adjacent to an activating group) is 1. The molecule has 0 fully saturated rings. The smallest absolute Gasteiger partial charge is 0.291 e. The molecule has 3 aromatic heterocycles. The molecule has 0 aromatic carbocycles. The minimum Gasteiger partial charge on any atom is -0.371 e. The van der Waals surface area contributed by atoms with Crippen LogP contribution in [-0.4, -0.2) is 59.9 Å². The topological polar surface area (TPSA) is 114 Å². The van der Waals surface area contributed by atoms with Crippen molar-refractivity contribution in [1.29, 1.82) is 0 Å². The number of rotatable bonds is 4. The van der Waals surface area contributed by atoms with E-state index in [1.807, 2.05) is 17.7 Å². The number of aliphatic hydroxyl groups excluding tert-OH is 1. The fourth-order valence-corrected chi connectivity index (χ4v) is 3.52. The lowest BCUT2D eigenvalue weighted by Gasteiger charge is -2.28. The van der Waals surface area contributed by atoms with Crippen LogP contribution < -0.4 is 10.2 Å². The lowest BCUT2D eigenvalue weighted by molar-refractivity contribution is 0.0818. The monoisotopic (exact) mass is 416 g/mol. The Bertz CT molecular complexity index is 1030. The van der Waals surface area contributed by atoms with Crippen LogP contribution in [0.15, 0.2) is 30.7 Å². The van der Waals surface area contributed by atoms with E-state index in [1.165, 1.54) is 11.0 Å². The Morgan fingerprint density at radius 3 is 3.00 bits per heavy atom. The highest BCUT2D eigenvalue weighted by atomic mass is 35.5. The molecule has 29 heavy (non-hydrogen) atoms. The summed E-state index contributed by atoms with van der Waals surface area (Å²) in [7, 11) is 1.77. The summed E-state index contributed by atoms with van der Waals surface area (Å²) in [5.41, 5.74) is 1.51. The van der Waals surface area contributed by atoms with E-state index in [0.717, 1.165) is 11.5 Å². The van der Waals surface area contributed by atoms with Crippen LogP contribution in [0.4, 0.5) is 5.82 Å². The Labute approximate surface area is 172 Å². The molecule has 4 rings (SSSR count). The number of amides is 1. The van der Waals surface area contributed by atoms with Crippen molar-refractivity contribution in [3.63, 3.8) is 0 Å². The van der Waals surface area contributed by atoms with Crippen LogP contribution in [0.5, 0.6) is 0 Å². The zero-order valence-electron chi connectivity index (χ0n) is 16.0. The molecule has 2 atom stereocenters. The number of nitrogens with zero attached hydrogens (tertiary/aromatic N) is 7. The van der Waals surface area contributed by atoms with Gasteiger partial charge in [0.15, 0.2) is 0 Å². The van der Waals surface area contributed by atoms with Crippen LogP contribution in [-0.2, 0) is 13.1 Å². The second-order valence-electron chi connectivity index (χ2n) is 6.96. The summed E-state index contributed by atoms with van der Waals surface area (Å²) in [6.45, 7) is 2.78. The molecule has 0 spiro atoms. The van der Waals surface area contributed by atoms with Crippen molar-refractivity contribution in [1.82, 2.24) is 34.8 Å². The number of anilines is 1. The highest BCUT2D eigenvalue weighted by molar-refractivity contribution is 6.31. The van der Waals surface area contributed by atoms with Gasteiger partial charge in [0.25, 0.3) is 5.91 Å². The molecular weight excluding hydrogens is 396 g/mol. The second kappa shape index (κ2) is 7.80. The highest BCUT2D eigenvalue weighted by Gasteiger charge is 2.31. The van der Waals surface area contributed by atoms with E-state index in [4.69, 9.17) is 11.6 Å². The number of aryl methyl sites for hydroxylation is 2. The molecule has 0 saturated carbocycles.